The van der Waals surface area contributed by atoms with Crippen LogP contribution in [0.2, 0.25) is 0 Å². The van der Waals surface area contributed by atoms with E-state index in [0.717, 1.165) is 23.6 Å². The van der Waals surface area contributed by atoms with Gasteiger partial charge in [0.05, 0.1) is 23.0 Å². The van der Waals surface area contributed by atoms with Gasteiger partial charge in [0, 0.05) is 31.4 Å². The molecule has 1 amide bonds. The van der Waals surface area contributed by atoms with Crippen LogP contribution >= 0.6 is 0 Å². The van der Waals surface area contributed by atoms with Crippen LogP contribution in [0, 0.1) is 0 Å². The summed E-state index contributed by atoms with van der Waals surface area (Å²) >= 11 is 0. The van der Waals surface area contributed by atoms with Gasteiger partial charge in [0.25, 0.3) is 5.91 Å². The van der Waals surface area contributed by atoms with Crippen molar-refractivity contribution < 1.29 is 4.79 Å². The summed E-state index contributed by atoms with van der Waals surface area (Å²) < 4.78 is 1.81. The molecule has 1 aliphatic heterocycles. The van der Waals surface area contributed by atoms with Crippen LogP contribution in [0.15, 0.2) is 54.9 Å². The van der Waals surface area contributed by atoms with E-state index >= 15 is 0 Å². The molecule has 0 radical (unpaired) electrons. The van der Waals surface area contributed by atoms with Crippen LogP contribution in [0.3, 0.4) is 0 Å². The van der Waals surface area contributed by atoms with E-state index in [1.165, 1.54) is 5.56 Å². The van der Waals surface area contributed by atoms with Crippen molar-refractivity contribution in [2.45, 2.75) is 25.9 Å². The molecule has 1 unspecified atom stereocenters. The van der Waals surface area contributed by atoms with E-state index in [1.54, 1.807) is 18.3 Å². The molecule has 8 heteroatoms. The van der Waals surface area contributed by atoms with Gasteiger partial charge in [-0.25, -0.2) is 15.0 Å². The number of nitrogens with two attached hydrogens (primary N) is 1. The van der Waals surface area contributed by atoms with Gasteiger partial charge in [-0.3, -0.25) is 9.20 Å². The molecule has 1 atom stereocenters. The minimum Gasteiger partial charge on any atom is -0.366 e. The number of imidazole rings is 1. The maximum atomic E-state index is 11.8. The first-order valence-electron chi connectivity index (χ1n) is 10.3. The number of aromatic nitrogens is 4. The minimum absolute atomic E-state index is 0.287. The number of fused-ring (bicyclic) bond motifs is 2. The molecule has 156 valence electrons. The fraction of sp³-hybridized carbons (Fsp3) is 0.217. The first kappa shape index (κ1) is 19.2. The van der Waals surface area contributed by atoms with Crippen LogP contribution in [-0.2, 0) is 13.1 Å². The van der Waals surface area contributed by atoms with Crippen molar-refractivity contribution in [1.29, 1.82) is 0 Å². The van der Waals surface area contributed by atoms with Gasteiger partial charge in [-0.2, -0.15) is 0 Å². The van der Waals surface area contributed by atoms with E-state index in [0.29, 0.717) is 35.8 Å². The molecular weight excluding hydrogens is 390 g/mol. The molecular formula is C23H23N7O. The molecule has 0 fully saturated rings. The first-order chi connectivity index (χ1) is 15.1. The fourth-order valence-corrected chi connectivity index (χ4v) is 4.09. The smallest absolute Gasteiger partial charge is 0.250 e. The van der Waals surface area contributed by atoms with E-state index in [-0.39, 0.29) is 5.92 Å². The Morgan fingerprint density at radius 1 is 1.23 bits per heavy atom. The molecule has 0 saturated heterocycles. The maximum absolute atomic E-state index is 11.8. The monoisotopic (exact) mass is 413 g/mol. The Balaban J connectivity index is 1.61. The number of nitrogens with zero attached hydrogens (tertiary/aromatic N) is 4. The van der Waals surface area contributed by atoms with Crippen LogP contribution < -0.4 is 16.4 Å². The third-order valence-corrected chi connectivity index (χ3v) is 5.60. The Morgan fingerprint density at radius 3 is 2.87 bits per heavy atom. The number of nitrogens with one attached hydrogen (secondary N) is 2. The number of hydrogen-bond acceptors (Lipinski definition) is 6. The normalized spacial score (nSPS) is 15.6. The molecule has 5 rings (SSSR count). The van der Waals surface area contributed by atoms with Gasteiger partial charge in [0.1, 0.15) is 5.82 Å². The summed E-state index contributed by atoms with van der Waals surface area (Å²) in [7, 11) is 0. The summed E-state index contributed by atoms with van der Waals surface area (Å²) in [5, 5.41) is 6.93. The molecule has 3 aromatic heterocycles. The average molecular weight is 413 g/mol. The van der Waals surface area contributed by atoms with Gasteiger partial charge in [0.2, 0.25) is 0 Å². The van der Waals surface area contributed by atoms with Crippen LogP contribution in [0.5, 0.6) is 0 Å². The summed E-state index contributed by atoms with van der Waals surface area (Å²) in [6.07, 6.45) is 3.47. The van der Waals surface area contributed by atoms with E-state index in [2.05, 4.69) is 34.7 Å². The van der Waals surface area contributed by atoms with Gasteiger partial charge in [-0.15, -0.1) is 0 Å². The largest absolute Gasteiger partial charge is 0.366 e. The number of rotatable bonds is 5. The van der Waals surface area contributed by atoms with Crippen molar-refractivity contribution in [1.82, 2.24) is 24.7 Å². The molecule has 0 bridgehead atoms. The third kappa shape index (κ3) is 3.51. The second-order valence-corrected chi connectivity index (χ2v) is 7.75. The zero-order valence-corrected chi connectivity index (χ0v) is 17.2. The topological polar surface area (TPSA) is 110 Å². The summed E-state index contributed by atoms with van der Waals surface area (Å²) in [6, 6.07) is 13.7. The van der Waals surface area contributed by atoms with Crippen LogP contribution in [0.4, 0.5) is 5.82 Å². The lowest BCUT2D eigenvalue weighted by molar-refractivity contribution is 0.100. The van der Waals surface area contributed by atoms with Crippen molar-refractivity contribution in [2.75, 3.05) is 11.9 Å². The number of carbonyl (C=O) groups excluding carboxylic acids is 1. The van der Waals surface area contributed by atoms with Gasteiger partial charge in [-0.05, 0) is 23.6 Å². The predicted molar refractivity (Wildman–Crippen MR) is 119 cm³/mol. The van der Waals surface area contributed by atoms with Crippen molar-refractivity contribution >= 4 is 17.2 Å². The Morgan fingerprint density at radius 2 is 2.06 bits per heavy atom. The second-order valence-electron chi connectivity index (χ2n) is 7.75. The molecule has 31 heavy (non-hydrogen) atoms. The molecule has 0 spiro atoms. The molecule has 4 heterocycles. The summed E-state index contributed by atoms with van der Waals surface area (Å²) in [4.78, 5) is 26.0. The highest BCUT2D eigenvalue weighted by atomic mass is 16.1. The maximum Gasteiger partial charge on any atom is 0.250 e. The van der Waals surface area contributed by atoms with Gasteiger partial charge in [-0.1, -0.05) is 37.3 Å². The first-order valence-corrected chi connectivity index (χ1v) is 10.3. The Hall–Kier alpha value is -3.78. The SMILES string of the molecule is CC1CNCc2nc(-c3ncc4c(C(N)=O)cccn34)nc(NCc3ccccc3)c21. The standard InChI is InChI=1S/C23H23N7O/c1-14-10-25-12-17-19(14)21(26-11-15-6-3-2-4-7-15)29-22(28-17)23-27-13-18-16(20(24)31)8-5-9-30(18)23/h2-9,13-14,25H,10-12H2,1H3,(H2,24,31)(H,26,28,29). The summed E-state index contributed by atoms with van der Waals surface area (Å²) in [6.45, 7) is 4.39. The second kappa shape index (κ2) is 7.81. The summed E-state index contributed by atoms with van der Waals surface area (Å²) in [5.74, 6) is 1.69. The number of anilines is 1. The van der Waals surface area contributed by atoms with Crippen molar-refractivity contribution in [3.8, 4) is 11.6 Å². The van der Waals surface area contributed by atoms with Crippen LogP contribution in [-0.4, -0.2) is 31.8 Å². The number of benzene rings is 1. The lowest BCUT2D eigenvalue weighted by atomic mass is 9.96. The van der Waals surface area contributed by atoms with Crippen LogP contribution in [0.1, 0.15) is 40.0 Å². The molecule has 0 saturated carbocycles. The lowest BCUT2D eigenvalue weighted by Crippen LogP contribution is -2.29. The molecule has 1 aliphatic rings. The van der Waals surface area contributed by atoms with Crippen molar-refractivity contribution in [3.05, 3.63) is 77.2 Å². The number of primary amides is 1. The van der Waals surface area contributed by atoms with Gasteiger partial charge >= 0.3 is 0 Å². The molecule has 4 aromatic rings. The Kier molecular flexibility index (Phi) is 4.83. The molecule has 4 N–H and O–H groups in total. The predicted octanol–water partition coefficient (Wildman–Crippen LogP) is 2.71. The van der Waals surface area contributed by atoms with E-state index in [1.807, 2.05) is 28.8 Å². The fourth-order valence-electron chi connectivity index (χ4n) is 4.09. The zero-order chi connectivity index (χ0) is 21.4. The van der Waals surface area contributed by atoms with Gasteiger partial charge < -0.3 is 16.4 Å². The van der Waals surface area contributed by atoms with Gasteiger partial charge in [0.15, 0.2) is 11.6 Å². The van der Waals surface area contributed by atoms with E-state index in [9.17, 15) is 4.79 Å². The number of hydrogen-bond donors (Lipinski definition) is 3. The Bertz CT molecular complexity index is 1270. The number of pyridine rings is 1. The molecule has 1 aromatic carbocycles. The molecule has 0 aliphatic carbocycles. The van der Waals surface area contributed by atoms with Crippen LogP contribution in [0.25, 0.3) is 17.2 Å². The third-order valence-electron chi connectivity index (χ3n) is 5.60. The minimum atomic E-state index is -0.494. The average Bonchev–Trinajstić information content (AvgIpc) is 3.22. The zero-order valence-electron chi connectivity index (χ0n) is 17.2. The van der Waals surface area contributed by atoms with E-state index < -0.39 is 5.91 Å². The number of amides is 1. The van der Waals surface area contributed by atoms with E-state index in [4.69, 9.17) is 15.7 Å². The highest BCUT2D eigenvalue weighted by Gasteiger charge is 2.25. The highest BCUT2D eigenvalue weighted by Crippen LogP contribution is 2.31. The lowest BCUT2D eigenvalue weighted by Gasteiger charge is -2.25. The van der Waals surface area contributed by atoms with Crippen molar-refractivity contribution in [3.63, 3.8) is 0 Å². The van der Waals surface area contributed by atoms with Crippen molar-refractivity contribution in [2.24, 2.45) is 5.73 Å². The molecule has 8 nitrogen and oxygen atoms in total. The quantitative estimate of drug-likeness (QED) is 0.464. The summed E-state index contributed by atoms with van der Waals surface area (Å²) in [5.41, 5.74) is 9.85. The highest BCUT2D eigenvalue weighted by molar-refractivity contribution is 5.99. The number of carbonyl (C=O) groups is 1. The Labute approximate surface area is 179 Å².